The number of aliphatic imine (C=N–C) groups is 1. The zero-order valence-electron chi connectivity index (χ0n) is 15.1. The van der Waals surface area contributed by atoms with E-state index >= 15 is 0 Å². The van der Waals surface area contributed by atoms with E-state index in [0.29, 0.717) is 0 Å². The molecule has 1 heterocycles. The highest BCUT2D eigenvalue weighted by atomic mass is 35.5. The van der Waals surface area contributed by atoms with Crippen LogP contribution in [0.25, 0.3) is 0 Å². The Bertz CT molecular complexity index is 729. The molecular weight excluding hydrogens is 346 g/mol. The zero-order chi connectivity index (χ0) is 17.5. The Morgan fingerprint density at radius 3 is 2.50 bits per heavy atom. The standard InChI is InChI=1S/C21H25N3O.ClH/c1-17-11-13-18(14-12-17)23-21(25)16-24(19-8-4-2-5-9-19)20-10-6-3-7-15-22-20;/h2,4-5,8-9,11-14H,3,6-7,10,15-16H2,1H3,(H,23,25);1H/p-1. The van der Waals surface area contributed by atoms with Crippen LogP contribution in [0.5, 0.6) is 0 Å². The van der Waals surface area contributed by atoms with Crippen LogP contribution in [-0.4, -0.2) is 24.8 Å². The SMILES string of the molecule is Cc1ccc(NC(=O)CN(C2=NCCCCC2)c2ccccc2)cc1.[Cl-]. The summed E-state index contributed by atoms with van der Waals surface area (Å²) in [5.41, 5.74) is 3.02. The van der Waals surface area contributed by atoms with Crippen LogP contribution in [0.15, 0.2) is 59.6 Å². The number of amides is 1. The molecule has 0 radical (unpaired) electrons. The molecule has 4 nitrogen and oxygen atoms in total. The van der Waals surface area contributed by atoms with Crippen molar-refractivity contribution in [1.29, 1.82) is 0 Å². The van der Waals surface area contributed by atoms with Crippen molar-refractivity contribution in [2.24, 2.45) is 4.99 Å². The molecule has 0 fully saturated rings. The molecule has 1 aliphatic heterocycles. The Hall–Kier alpha value is -2.33. The summed E-state index contributed by atoms with van der Waals surface area (Å²) in [7, 11) is 0. The van der Waals surface area contributed by atoms with Crippen molar-refractivity contribution in [2.45, 2.75) is 32.6 Å². The van der Waals surface area contributed by atoms with Crippen LogP contribution in [0.2, 0.25) is 0 Å². The molecule has 1 aliphatic rings. The summed E-state index contributed by atoms with van der Waals surface area (Å²) in [6, 6.07) is 17.9. The molecule has 0 saturated carbocycles. The number of amidine groups is 1. The van der Waals surface area contributed by atoms with E-state index in [2.05, 4.69) is 10.2 Å². The first-order valence-electron chi connectivity index (χ1n) is 8.95. The van der Waals surface area contributed by atoms with Gasteiger partial charge in [0.2, 0.25) is 5.91 Å². The Balaban J connectivity index is 0.00000243. The fourth-order valence-corrected chi connectivity index (χ4v) is 3.00. The highest BCUT2D eigenvalue weighted by Crippen LogP contribution is 2.19. The largest absolute Gasteiger partial charge is 1.00 e. The van der Waals surface area contributed by atoms with Crippen LogP contribution < -0.4 is 22.6 Å². The third-order valence-corrected chi connectivity index (χ3v) is 4.37. The number of para-hydroxylation sites is 1. The number of benzene rings is 2. The van der Waals surface area contributed by atoms with E-state index in [1.54, 1.807) is 0 Å². The Labute approximate surface area is 161 Å². The molecule has 1 amide bonds. The molecule has 2 aromatic rings. The molecule has 0 bridgehead atoms. The first-order chi connectivity index (χ1) is 12.2. The van der Waals surface area contributed by atoms with Gasteiger partial charge in [0.25, 0.3) is 0 Å². The minimum Gasteiger partial charge on any atom is -1.00 e. The number of hydrogen-bond acceptors (Lipinski definition) is 3. The number of carbonyl (C=O) groups is 1. The Kier molecular flexibility index (Phi) is 7.67. The average Bonchev–Trinajstić information content (AvgIpc) is 2.92. The molecule has 0 atom stereocenters. The van der Waals surface area contributed by atoms with E-state index in [4.69, 9.17) is 4.99 Å². The van der Waals surface area contributed by atoms with Gasteiger partial charge in [-0.15, -0.1) is 0 Å². The van der Waals surface area contributed by atoms with Crippen molar-refractivity contribution in [1.82, 2.24) is 0 Å². The number of nitrogens with one attached hydrogen (secondary N) is 1. The van der Waals surface area contributed by atoms with Crippen LogP contribution in [0.4, 0.5) is 11.4 Å². The molecular formula is C21H25ClN3O-. The smallest absolute Gasteiger partial charge is 0.244 e. The highest BCUT2D eigenvalue weighted by Gasteiger charge is 2.18. The van der Waals surface area contributed by atoms with Crippen molar-refractivity contribution >= 4 is 23.1 Å². The Morgan fingerprint density at radius 2 is 1.77 bits per heavy atom. The molecule has 0 aromatic heterocycles. The lowest BCUT2D eigenvalue weighted by atomic mass is 10.2. The monoisotopic (exact) mass is 370 g/mol. The maximum atomic E-state index is 12.6. The lowest BCUT2D eigenvalue weighted by Crippen LogP contribution is -3.00. The van der Waals surface area contributed by atoms with Gasteiger partial charge >= 0.3 is 0 Å². The number of carbonyl (C=O) groups excluding carboxylic acids is 1. The van der Waals surface area contributed by atoms with Gasteiger partial charge in [-0.05, 0) is 44.0 Å². The zero-order valence-corrected chi connectivity index (χ0v) is 15.9. The van der Waals surface area contributed by atoms with Crippen molar-refractivity contribution in [3.05, 3.63) is 60.2 Å². The third-order valence-electron chi connectivity index (χ3n) is 4.37. The number of hydrogen-bond donors (Lipinski definition) is 1. The predicted octanol–water partition coefficient (Wildman–Crippen LogP) is 1.42. The molecule has 5 heteroatoms. The van der Waals surface area contributed by atoms with E-state index in [9.17, 15) is 4.79 Å². The van der Waals surface area contributed by atoms with E-state index in [1.807, 2.05) is 61.5 Å². The molecule has 0 unspecified atom stereocenters. The molecule has 26 heavy (non-hydrogen) atoms. The quantitative estimate of drug-likeness (QED) is 0.884. The lowest BCUT2D eigenvalue weighted by Gasteiger charge is -2.25. The molecule has 2 aromatic carbocycles. The number of nitrogens with zero attached hydrogens (tertiary/aromatic N) is 2. The van der Waals surface area contributed by atoms with Crippen LogP contribution >= 0.6 is 0 Å². The van der Waals surface area contributed by atoms with Gasteiger partial charge in [0.15, 0.2) is 0 Å². The maximum Gasteiger partial charge on any atom is 0.244 e. The van der Waals surface area contributed by atoms with Crippen molar-refractivity contribution in [2.75, 3.05) is 23.3 Å². The second-order valence-electron chi connectivity index (χ2n) is 6.44. The molecule has 1 N–H and O–H groups in total. The minimum atomic E-state index is -0.0281. The number of rotatable bonds is 4. The topological polar surface area (TPSA) is 44.7 Å². The fraction of sp³-hybridized carbons (Fsp3) is 0.333. The summed E-state index contributed by atoms with van der Waals surface area (Å²) in [5.74, 6) is 0.988. The Morgan fingerprint density at radius 1 is 1.04 bits per heavy atom. The third kappa shape index (κ3) is 5.60. The average molecular weight is 371 g/mol. The highest BCUT2D eigenvalue weighted by molar-refractivity contribution is 6.04. The van der Waals surface area contributed by atoms with Crippen molar-refractivity contribution in [3.63, 3.8) is 0 Å². The minimum absolute atomic E-state index is 0. The van der Waals surface area contributed by atoms with Crippen molar-refractivity contribution < 1.29 is 17.2 Å². The summed E-state index contributed by atoms with van der Waals surface area (Å²) in [6.45, 7) is 3.15. The normalized spacial score (nSPS) is 13.8. The van der Waals surface area contributed by atoms with Gasteiger partial charge < -0.3 is 22.6 Å². The van der Waals surface area contributed by atoms with Gasteiger partial charge in [0, 0.05) is 24.3 Å². The van der Waals surface area contributed by atoms with Gasteiger partial charge in [-0.2, -0.15) is 0 Å². The lowest BCUT2D eigenvalue weighted by molar-refractivity contribution is -0.114. The fourth-order valence-electron chi connectivity index (χ4n) is 3.00. The summed E-state index contributed by atoms with van der Waals surface area (Å²) >= 11 is 0. The summed E-state index contributed by atoms with van der Waals surface area (Å²) < 4.78 is 0. The van der Waals surface area contributed by atoms with E-state index in [0.717, 1.165) is 43.0 Å². The molecule has 0 spiro atoms. The second-order valence-corrected chi connectivity index (χ2v) is 6.44. The summed E-state index contributed by atoms with van der Waals surface area (Å²) in [5, 5.41) is 2.99. The van der Waals surface area contributed by atoms with E-state index < -0.39 is 0 Å². The summed E-state index contributed by atoms with van der Waals surface area (Å²) in [6.07, 6.45) is 4.38. The number of anilines is 2. The van der Waals surface area contributed by atoms with Gasteiger partial charge in [0.05, 0.1) is 0 Å². The van der Waals surface area contributed by atoms with E-state index in [-0.39, 0.29) is 24.9 Å². The van der Waals surface area contributed by atoms with Crippen LogP contribution in [-0.2, 0) is 4.79 Å². The van der Waals surface area contributed by atoms with Gasteiger partial charge in [-0.1, -0.05) is 42.3 Å². The maximum absolute atomic E-state index is 12.6. The first-order valence-corrected chi connectivity index (χ1v) is 8.95. The van der Waals surface area contributed by atoms with Gasteiger partial charge in [0.1, 0.15) is 12.4 Å². The molecule has 138 valence electrons. The molecule has 0 saturated heterocycles. The van der Waals surface area contributed by atoms with Crippen molar-refractivity contribution in [3.8, 4) is 0 Å². The number of halogens is 1. The molecule has 0 aliphatic carbocycles. The van der Waals surface area contributed by atoms with Gasteiger partial charge in [-0.3, -0.25) is 9.79 Å². The van der Waals surface area contributed by atoms with Crippen LogP contribution in [0.1, 0.15) is 31.2 Å². The van der Waals surface area contributed by atoms with E-state index in [1.165, 1.54) is 12.0 Å². The number of aryl methyl sites for hydroxylation is 1. The second kappa shape index (κ2) is 9.97. The van der Waals surface area contributed by atoms with Gasteiger partial charge in [-0.25, -0.2) is 0 Å². The molecule has 3 rings (SSSR count). The summed E-state index contributed by atoms with van der Waals surface area (Å²) in [4.78, 5) is 19.4. The predicted molar refractivity (Wildman–Crippen MR) is 104 cm³/mol. The van der Waals surface area contributed by atoms with Crippen LogP contribution in [0, 0.1) is 6.92 Å². The van der Waals surface area contributed by atoms with Crippen LogP contribution in [0.3, 0.4) is 0 Å². The first kappa shape index (κ1) is 20.0.